The van der Waals surface area contributed by atoms with Gasteiger partial charge in [-0.15, -0.1) is 23.4 Å². The van der Waals surface area contributed by atoms with Gasteiger partial charge in [0.2, 0.25) is 11.8 Å². The van der Waals surface area contributed by atoms with Crippen molar-refractivity contribution in [1.29, 1.82) is 0 Å². The average Bonchev–Trinajstić information content (AvgIpc) is 2.69. The lowest BCUT2D eigenvalue weighted by molar-refractivity contribution is -0.274. The van der Waals surface area contributed by atoms with Gasteiger partial charge in [-0.3, -0.25) is 9.59 Å². The van der Waals surface area contributed by atoms with E-state index in [0.29, 0.717) is 12.1 Å². The van der Waals surface area contributed by atoms with E-state index in [2.05, 4.69) is 25.6 Å². The summed E-state index contributed by atoms with van der Waals surface area (Å²) in [4.78, 5) is 24.2. The van der Waals surface area contributed by atoms with Crippen molar-refractivity contribution in [3.05, 3.63) is 42.0 Å². The molecular weight excluding hydrogens is 405 g/mol. The zero-order valence-electron chi connectivity index (χ0n) is 15.7. The molecular formula is C19H19F3N4O4. The number of ether oxygens (including phenoxy) is 2. The molecule has 1 aromatic carbocycles. The Morgan fingerprint density at radius 2 is 2.03 bits per heavy atom. The molecule has 0 bridgehead atoms. The summed E-state index contributed by atoms with van der Waals surface area (Å²) in [5.74, 6) is -1.42. The highest BCUT2D eigenvalue weighted by Gasteiger charge is 2.31. The number of benzene rings is 1. The summed E-state index contributed by atoms with van der Waals surface area (Å²) in [7, 11) is 0. The largest absolute Gasteiger partial charge is 0.573 e. The van der Waals surface area contributed by atoms with Gasteiger partial charge >= 0.3 is 12.3 Å². The van der Waals surface area contributed by atoms with Crippen molar-refractivity contribution in [2.45, 2.75) is 25.6 Å². The Labute approximate surface area is 169 Å². The normalized spacial score (nSPS) is 16.6. The number of esters is 1. The number of piperidine rings is 1. The van der Waals surface area contributed by atoms with Crippen molar-refractivity contribution >= 4 is 17.7 Å². The van der Waals surface area contributed by atoms with Crippen LogP contribution in [0.3, 0.4) is 0 Å². The number of aromatic nitrogens is 2. The van der Waals surface area contributed by atoms with Crippen molar-refractivity contribution in [3.63, 3.8) is 0 Å². The quantitative estimate of drug-likeness (QED) is 0.687. The van der Waals surface area contributed by atoms with Crippen molar-refractivity contribution in [3.8, 4) is 11.6 Å². The molecule has 1 aliphatic rings. The average molecular weight is 424 g/mol. The Morgan fingerprint density at radius 1 is 1.20 bits per heavy atom. The topological polar surface area (TPSA) is 102 Å². The fourth-order valence-corrected chi connectivity index (χ4v) is 2.91. The fraction of sp³-hybridized carbons (Fsp3) is 0.368. The van der Waals surface area contributed by atoms with Crippen molar-refractivity contribution in [2.75, 3.05) is 18.4 Å². The highest BCUT2D eigenvalue weighted by atomic mass is 19.4. The van der Waals surface area contributed by atoms with Crippen LogP contribution in [0.15, 0.2) is 36.4 Å². The fourth-order valence-electron chi connectivity index (χ4n) is 2.91. The molecule has 2 heterocycles. The summed E-state index contributed by atoms with van der Waals surface area (Å²) in [6.45, 7) is 1.42. The van der Waals surface area contributed by atoms with Gasteiger partial charge in [-0.2, -0.15) is 0 Å². The van der Waals surface area contributed by atoms with Crippen LogP contribution in [-0.2, 0) is 16.0 Å². The van der Waals surface area contributed by atoms with E-state index >= 15 is 0 Å². The van der Waals surface area contributed by atoms with Gasteiger partial charge in [-0.25, -0.2) is 0 Å². The number of halogens is 3. The van der Waals surface area contributed by atoms with Crippen LogP contribution in [0, 0.1) is 5.92 Å². The number of carbonyl (C=O) groups is 2. The second-order valence-electron chi connectivity index (χ2n) is 6.64. The van der Waals surface area contributed by atoms with Gasteiger partial charge in [0, 0.05) is 12.6 Å². The van der Waals surface area contributed by atoms with E-state index in [9.17, 15) is 22.8 Å². The van der Waals surface area contributed by atoms with Crippen LogP contribution in [0.5, 0.6) is 11.6 Å². The molecule has 0 saturated carbocycles. The highest BCUT2D eigenvalue weighted by Crippen LogP contribution is 2.23. The van der Waals surface area contributed by atoms with E-state index in [1.807, 2.05) is 0 Å². The molecule has 1 amide bonds. The molecule has 1 aliphatic heterocycles. The minimum absolute atomic E-state index is 0.0144. The molecule has 8 nitrogen and oxygen atoms in total. The van der Waals surface area contributed by atoms with Gasteiger partial charge in [0.25, 0.3) is 0 Å². The first kappa shape index (κ1) is 21.5. The van der Waals surface area contributed by atoms with E-state index in [4.69, 9.17) is 4.74 Å². The lowest BCUT2D eigenvalue weighted by Crippen LogP contribution is -2.36. The summed E-state index contributed by atoms with van der Waals surface area (Å²) >= 11 is 0. The second kappa shape index (κ2) is 9.53. The molecule has 2 N–H and O–H groups in total. The first-order valence-corrected chi connectivity index (χ1v) is 9.19. The van der Waals surface area contributed by atoms with Crippen molar-refractivity contribution < 1.29 is 32.2 Å². The number of amides is 1. The summed E-state index contributed by atoms with van der Waals surface area (Å²) in [5.41, 5.74) is 0.328. The lowest BCUT2D eigenvalue weighted by atomic mass is 10.0. The summed E-state index contributed by atoms with van der Waals surface area (Å²) in [6.07, 6.45) is -3.37. The molecule has 2 aromatic rings. The maximum atomic E-state index is 12.3. The third kappa shape index (κ3) is 6.69. The van der Waals surface area contributed by atoms with Crippen LogP contribution < -0.4 is 20.1 Å². The van der Waals surface area contributed by atoms with Crippen LogP contribution in [0.25, 0.3) is 0 Å². The number of hydrogen-bond acceptors (Lipinski definition) is 7. The second-order valence-corrected chi connectivity index (χ2v) is 6.64. The predicted octanol–water partition coefficient (Wildman–Crippen LogP) is 2.46. The van der Waals surface area contributed by atoms with Crippen LogP contribution in [0.4, 0.5) is 19.0 Å². The standard InChI is InChI=1S/C19H19F3N4O4/c20-19(21,22)30-14-5-1-3-12(9-14)10-16(27)24-15-6-7-17(26-25-15)29-18(28)13-4-2-8-23-11-13/h1,3,5-7,9,13,23H,2,4,8,10-11H2,(H,24,25,27). The first-order chi connectivity index (χ1) is 14.3. The number of rotatable bonds is 6. The Balaban J connectivity index is 1.52. The number of nitrogens with zero attached hydrogens (tertiary/aromatic N) is 2. The van der Waals surface area contributed by atoms with E-state index < -0.39 is 24.0 Å². The third-order valence-corrected chi connectivity index (χ3v) is 4.24. The summed E-state index contributed by atoms with van der Waals surface area (Å²) < 4.78 is 45.9. The molecule has 1 saturated heterocycles. The van der Waals surface area contributed by atoms with Crippen molar-refractivity contribution in [2.24, 2.45) is 5.92 Å². The molecule has 0 spiro atoms. The van der Waals surface area contributed by atoms with Gasteiger partial charge in [-0.1, -0.05) is 12.1 Å². The zero-order valence-corrected chi connectivity index (χ0v) is 15.7. The minimum atomic E-state index is -4.81. The molecule has 1 unspecified atom stereocenters. The molecule has 1 atom stereocenters. The molecule has 3 rings (SSSR count). The monoisotopic (exact) mass is 424 g/mol. The Hall–Kier alpha value is -3.21. The number of carbonyl (C=O) groups excluding carboxylic acids is 2. The SMILES string of the molecule is O=C(Cc1cccc(OC(F)(F)F)c1)Nc1ccc(OC(=O)C2CCCNC2)nn1. The first-order valence-electron chi connectivity index (χ1n) is 9.19. The Morgan fingerprint density at radius 3 is 2.70 bits per heavy atom. The molecule has 0 radical (unpaired) electrons. The van der Waals surface area contributed by atoms with E-state index in [-0.39, 0.29) is 24.0 Å². The minimum Gasteiger partial charge on any atom is -0.406 e. The van der Waals surface area contributed by atoms with E-state index in [0.717, 1.165) is 31.5 Å². The smallest absolute Gasteiger partial charge is 0.406 e. The summed E-state index contributed by atoms with van der Waals surface area (Å²) in [5, 5.41) is 13.1. The van der Waals surface area contributed by atoms with Gasteiger partial charge in [-0.05, 0) is 43.1 Å². The van der Waals surface area contributed by atoms with Gasteiger partial charge in [0.1, 0.15) is 5.75 Å². The number of hydrogen-bond donors (Lipinski definition) is 2. The van der Waals surface area contributed by atoms with Crippen LogP contribution in [0.1, 0.15) is 18.4 Å². The highest BCUT2D eigenvalue weighted by molar-refractivity contribution is 5.91. The number of anilines is 1. The maximum absolute atomic E-state index is 12.3. The summed E-state index contributed by atoms with van der Waals surface area (Å²) in [6, 6.07) is 7.93. The van der Waals surface area contributed by atoms with Crippen molar-refractivity contribution in [1.82, 2.24) is 15.5 Å². The molecule has 160 valence electrons. The third-order valence-electron chi connectivity index (χ3n) is 4.24. The van der Waals surface area contributed by atoms with E-state index in [1.165, 1.54) is 24.3 Å². The van der Waals surface area contributed by atoms with Crippen LogP contribution in [-0.4, -0.2) is 41.5 Å². The number of nitrogens with one attached hydrogen (secondary N) is 2. The van der Waals surface area contributed by atoms with Crippen LogP contribution >= 0.6 is 0 Å². The molecule has 1 aromatic heterocycles. The molecule has 11 heteroatoms. The van der Waals surface area contributed by atoms with Gasteiger partial charge in [0.15, 0.2) is 5.82 Å². The predicted molar refractivity (Wildman–Crippen MR) is 98.7 cm³/mol. The maximum Gasteiger partial charge on any atom is 0.573 e. The lowest BCUT2D eigenvalue weighted by Gasteiger charge is -2.20. The van der Waals surface area contributed by atoms with Crippen LogP contribution in [0.2, 0.25) is 0 Å². The molecule has 30 heavy (non-hydrogen) atoms. The molecule has 1 fully saturated rings. The van der Waals surface area contributed by atoms with Gasteiger partial charge in [0.05, 0.1) is 12.3 Å². The van der Waals surface area contributed by atoms with Gasteiger partial charge < -0.3 is 20.1 Å². The van der Waals surface area contributed by atoms with E-state index in [1.54, 1.807) is 0 Å². The Kier molecular flexibility index (Phi) is 6.83. The Bertz CT molecular complexity index is 884. The zero-order chi connectivity index (χ0) is 21.6. The molecule has 0 aliphatic carbocycles. The number of alkyl halides is 3.